The highest BCUT2D eigenvalue weighted by Crippen LogP contribution is 2.25. The van der Waals surface area contributed by atoms with Crippen LogP contribution in [0.3, 0.4) is 0 Å². The average Bonchev–Trinajstić information content (AvgIpc) is 3.16. The lowest BCUT2D eigenvalue weighted by atomic mass is 9.98. The maximum atomic E-state index is 13.8. The third-order valence-corrected chi connectivity index (χ3v) is 4.56. The number of anilines is 1. The highest BCUT2D eigenvalue weighted by Gasteiger charge is 2.14. The summed E-state index contributed by atoms with van der Waals surface area (Å²) >= 11 is 5.96. The third kappa shape index (κ3) is 5.46. The Morgan fingerprint density at radius 2 is 2.03 bits per heavy atom. The molecule has 1 unspecified atom stereocenters. The minimum atomic E-state index is -0.599. The van der Waals surface area contributed by atoms with Gasteiger partial charge in [-0.2, -0.15) is 0 Å². The van der Waals surface area contributed by atoms with Gasteiger partial charge in [0.25, 0.3) is 0 Å². The standard InChI is InChI=1S/C21H21ClF2N4.C2H2/c1-3-4-14(2)17(9-10-22)19-13-26-21-8-7-20(27-28(19)21)25-12-15-5-6-16(23)11-18(15)24;1-2/h3-9,11,13-14H,10,12H2,1-2H3,(H,25,27);1-2H/b4-3-,17-9+;. The highest BCUT2D eigenvalue weighted by atomic mass is 35.5. The summed E-state index contributed by atoms with van der Waals surface area (Å²) in [5.74, 6) is -0.108. The summed E-state index contributed by atoms with van der Waals surface area (Å²) in [6, 6.07) is 7.12. The smallest absolute Gasteiger partial charge is 0.154 e. The Labute approximate surface area is 180 Å². The number of imidazole rings is 1. The van der Waals surface area contributed by atoms with Crippen molar-refractivity contribution >= 4 is 28.6 Å². The number of hydrogen-bond donors (Lipinski definition) is 1. The van der Waals surface area contributed by atoms with Gasteiger partial charge < -0.3 is 5.32 Å². The van der Waals surface area contributed by atoms with Gasteiger partial charge in [0.15, 0.2) is 5.65 Å². The molecule has 0 radical (unpaired) electrons. The molecule has 1 aromatic carbocycles. The van der Waals surface area contributed by atoms with Crippen molar-refractivity contribution in [2.24, 2.45) is 5.92 Å². The lowest BCUT2D eigenvalue weighted by Crippen LogP contribution is -2.08. The maximum Gasteiger partial charge on any atom is 0.154 e. The molecular weight excluding hydrogens is 406 g/mol. The number of fused-ring (bicyclic) bond motifs is 1. The van der Waals surface area contributed by atoms with Crippen molar-refractivity contribution in [3.8, 4) is 12.8 Å². The van der Waals surface area contributed by atoms with Crippen molar-refractivity contribution < 1.29 is 8.78 Å². The number of terminal acetylenes is 1. The van der Waals surface area contributed by atoms with Gasteiger partial charge in [-0.25, -0.2) is 18.3 Å². The summed E-state index contributed by atoms with van der Waals surface area (Å²) < 4.78 is 28.6. The first-order chi connectivity index (χ1) is 14.5. The van der Waals surface area contributed by atoms with E-state index in [9.17, 15) is 8.78 Å². The van der Waals surface area contributed by atoms with Crippen molar-refractivity contribution in [1.82, 2.24) is 14.6 Å². The van der Waals surface area contributed by atoms with E-state index in [1.807, 2.05) is 25.1 Å². The van der Waals surface area contributed by atoms with E-state index in [1.54, 1.807) is 16.8 Å². The predicted molar refractivity (Wildman–Crippen MR) is 119 cm³/mol. The van der Waals surface area contributed by atoms with E-state index < -0.39 is 11.6 Å². The summed E-state index contributed by atoms with van der Waals surface area (Å²) in [6.45, 7) is 4.24. The fourth-order valence-corrected chi connectivity index (χ4v) is 3.18. The van der Waals surface area contributed by atoms with Crippen LogP contribution in [0.15, 0.2) is 54.8 Å². The van der Waals surface area contributed by atoms with Gasteiger partial charge in [0, 0.05) is 30.0 Å². The van der Waals surface area contributed by atoms with Crippen molar-refractivity contribution in [2.45, 2.75) is 20.4 Å². The van der Waals surface area contributed by atoms with E-state index in [1.165, 1.54) is 12.1 Å². The zero-order chi connectivity index (χ0) is 22.1. The number of aromatic nitrogens is 3. The number of benzene rings is 1. The van der Waals surface area contributed by atoms with E-state index >= 15 is 0 Å². The number of hydrogen-bond acceptors (Lipinski definition) is 3. The summed E-state index contributed by atoms with van der Waals surface area (Å²) in [5, 5.41) is 7.66. The summed E-state index contributed by atoms with van der Waals surface area (Å²) in [5.41, 5.74) is 2.92. The van der Waals surface area contributed by atoms with Crippen LogP contribution in [0, 0.1) is 30.4 Å². The molecule has 0 aliphatic rings. The lowest BCUT2D eigenvalue weighted by molar-refractivity contribution is 0.574. The molecule has 156 valence electrons. The van der Waals surface area contributed by atoms with Gasteiger partial charge >= 0.3 is 0 Å². The molecule has 4 nitrogen and oxygen atoms in total. The normalized spacial score (nSPS) is 12.6. The molecule has 0 saturated heterocycles. The zero-order valence-corrected chi connectivity index (χ0v) is 17.6. The molecule has 3 rings (SSSR count). The van der Waals surface area contributed by atoms with E-state index in [0.717, 1.165) is 17.3 Å². The second-order valence-electron chi connectivity index (χ2n) is 6.35. The fraction of sp³-hybridized carbons (Fsp3) is 0.217. The molecule has 1 N–H and O–H groups in total. The molecule has 2 aromatic heterocycles. The fourth-order valence-electron chi connectivity index (χ4n) is 3.01. The minimum Gasteiger partial charge on any atom is -0.364 e. The number of rotatable bonds is 7. The molecule has 0 aliphatic carbocycles. The number of nitrogens with zero attached hydrogens (tertiary/aromatic N) is 3. The first-order valence-corrected chi connectivity index (χ1v) is 9.82. The molecule has 0 bridgehead atoms. The SMILES string of the molecule is C#C.C/C=C\C(C)/C(=C\CCl)c1cnc2ccc(NCc3ccc(F)cc3F)nn12. The Morgan fingerprint density at radius 3 is 2.70 bits per heavy atom. The third-order valence-electron chi connectivity index (χ3n) is 4.40. The summed E-state index contributed by atoms with van der Waals surface area (Å²) in [6.07, 6.45) is 15.8. The number of alkyl halides is 1. The second-order valence-corrected chi connectivity index (χ2v) is 6.66. The second kappa shape index (κ2) is 11.1. The molecule has 0 fully saturated rings. The van der Waals surface area contributed by atoms with Crippen LogP contribution in [0.4, 0.5) is 14.6 Å². The van der Waals surface area contributed by atoms with Crippen molar-refractivity contribution in [2.75, 3.05) is 11.2 Å². The Morgan fingerprint density at radius 1 is 1.27 bits per heavy atom. The molecule has 1 atom stereocenters. The molecule has 7 heteroatoms. The van der Waals surface area contributed by atoms with Gasteiger partial charge in [0.05, 0.1) is 11.9 Å². The van der Waals surface area contributed by atoms with Crippen LogP contribution >= 0.6 is 11.6 Å². The monoisotopic (exact) mass is 428 g/mol. The molecule has 0 saturated carbocycles. The maximum absolute atomic E-state index is 13.8. The number of halogens is 3. The van der Waals surface area contributed by atoms with E-state index in [-0.39, 0.29) is 12.5 Å². The van der Waals surface area contributed by atoms with Crippen molar-refractivity contribution in [3.63, 3.8) is 0 Å². The van der Waals surface area contributed by atoms with Crippen LogP contribution < -0.4 is 5.32 Å². The Kier molecular flexibility index (Phi) is 8.57. The first kappa shape index (κ1) is 23.1. The Balaban J connectivity index is 0.00000155. The molecule has 0 spiro atoms. The molecule has 30 heavy (non-hydrogen) atoms. The van der Waals surface area contributed by atoms with Gasteiger partial charge in [-0.3, -0.25) is 0 Å². The Hall–Kier alpha value is -3.17. The molecule has 2 heterocycles. The molecule has 0 amide bonds. The molecular formula is C23H23ClF2N4. The van der Waals surface area contributed by atoms with Crippen LogP contribution in [0.1, 0.15) is 25.1 Å². The van der Waals surface area contributed by atoms with Gasteiger partial charge in [-0.05, 0) is 30.7 Å². The van der Waals surface area contributed by atoms with Crippen molar-refractivity contribution in [3.05, 3.63) is 77.6 Å². The lowest BCUT2D eigenvalue weighted by Gasteiger charge is -2.13. The van der Waals surface area contributed by atoms with E-state index in [0.29, 0.717) is 22.9 Å². The minimum absolute atomic E-state index is 0.148. The van der Waals surface area contributed by atoms with Crippen LogP contribution in [-0.4, -0.2) is 20.5 Å². The Bertz CT molecular complexity index is 1070. The van der Waals surface area contributed by atoms with E-state index in [2.05, 4.69) is 41.2 Å². The number of nitrogens with one attached hydrogen (secondary N) is 1. The van der Waals surface area contributed by atoms with Crippen LogP contribution in [0.5, 0.6) is 0 Å². The van der Waals surface area contributed by atoms with Gasteiger partial charge in [0.1, 0.15) is 17.5 Å². The van der Waals surface area contributed by atoms with E-state index in [4.69, 9.17) is 11.6 Å². The summed E-state index contributed by atoms with van der Waals surface area (Å²) in [4.78, 5) is 4.41. The van der Waals surface area contributed by atoms with Gasteiger partial charge in [-0.15, -0.1) is 29.5 Å². The molecule has 3 aromatic rings. The highest BCUT2D eigenvalue weighted by molar-refractivity contribution is 6.19. The van der Waals surface area contributed by atoms with Gasteiger partial charge in [0.2, 0.25) is 0 Å². The quantitative estimate of drug-likeness (QED) is 0.298. The first-order valence-electron chi connectivity index (χ1n) is 9.28. The number of allylic oxidation sites excluding steroid dienone is 4. The molecule has 0 aliphatic heterocycles. The zero-order valence-electron chi connectivity index (χ0n) is 16.8. The van der Waals surface area contributed by atoms with Gasteiger partial charge in [-0.1, -0.05) is 31.2 Å². The topological polar surface area (TPSA) is 42.2 Å². The van der Waals surface area contributed by atoms with Crippen LogP contribution in [-0.2, 0) is 6.54 Å². The largest absolute Gasteiger partial charge is 0.364 e. The predicted octanol–water partition coefficient (Wildman–Crippen LogP) is 5.70. The van der Waals surface area contributed by atoms with Crippen LogP contribution in [0.25, 0.3) is 11.2 Å². The van der Waals surface area contributed by atoms with Crippen molar-refractivity contribution in [1.29, 1.82) is 0 Å². The summed E-state index contributed by atoms with van der Waals surface area (Å²) in [7, 11) is 0. The van der Waals surface area contributed by atoms with Crippen LogP contribution in [0.2, 0.25) is 0 Å². The average molecular weight is 429 g/mol.